The second kappa shape index (κ2) is 16.8. The fourth-order valence-corrected chi connectivity index (χ4v) is 10.1. The predicted octanol–water partition coefficient (Wildman–Crippen LogP) is 6.93. The molecule has 2 aromatic carbocycles. The molecule has 0 aromatic heterocycles. The Morgan fingerprint density at radius 2 is 1.81 bits per heavy atom. The smallest absolute Gasteiger partial charge is 0.264 e. The topological polar surface area (TPSA) is 91.4 Å². The van der Waals surface area contributed by atoms with E-state index in [0.29, 0.717) is 42.9 Å². The molecule has 0 spiro atoms. The highest BCUT2D eigenvalue weighted by Crippen LogP contribution is 2.47. The van der Waals surface area contributed by atoms with Gasteiger partial charge in [-0.15, -0.1) is 0 Å². The Morgan fingerprint density at radius 1 is 1.02 bits per heavy atom. The zero-order valence-corrected chi connectivity index (χ0v) is 33.4. The van der Waals surface area contributed by atoms with Crippen LogP contribution in [0.5, 0.6) is 5.75 Å². The van der Waals surface area contributed by atoms with E-state index in [0.717, 1.165) is 94.2 Å². The first-order valence-corrected chi connectivity index (χ1v) is 21.4. The number of benzene rings is 2. The second-order valence-corrected chi connectivity index (χ2v) is 18.3. The molecule has 9 nitrogen and oxygen atoms in total. The van der Waals surface area contributed by atoms with Gasteiger partial charge in [-0.2, -0.15) is 0 Å². The number of carbonyl (C=O) groups is 1. The van der Waals surface area contributed by atoms with Crippen molar-refractivity contribution < 1.29 is 22.7 Å². The summed E-state index contributed by atoms with van der Waals surface area (Å²) in [4.78, 5) is 21.1. The molecule has 11 heteroatoms. The van der Waals surface area contributed by atoms with E-state index >= 15 is 0 Å². The highest BCUT2D eigenvalue weighted by molar-refractivity contribution is 7.90. The van der Waals surface area contributed by atoms with Gasteiger partial charge in [-0.05, 0) is 125 Å². The first-order chi connectivity index (χ1) is 24.9. The van der Waals surface area contributed by atoms with Gasteiger partial charge in [-0.25, -0.2) is 13.1 Å². The van der Waals surface area contributed by atoms with E-state index in [1.807, 2.05) is 37.3 Å². The highest BCUT2D eigenvalue weighted by atomic mass is 35.5. The van der Waals surface area contributed by atoms with Crippen LogP contribution in [0.1, 0.15) is 88.2 Å². The van der Waals surface area contributed by atoms with Crippen molar-refractivity contribution in [3.05, 3.63) is 70.3 Å². The van der Waals surface area contributed by atoms with Gasteiger partial charge in [0.2, 0.25) is 10.0 Å². The highest BCUT2D eigenvalue weighted by Gasteiger charge is 2.48. The van der Waals surface area contributed by atoms with Crippen molar-refractivity contribution in [1.29, 1.82) is 0 Å². The van der Waals surface area contributed by atoms with Crippen molar-refractivity contribution in [3.63, 3.8) is 0 Å². The van der Waals surface area contributed by atoms with Crippen LogP contribution in [-0.4, -0.2) is 93.4 Å². The molecule has 1 amide bonds. The lowest BCUT2D eigenvalue weighted by Crippen LogP contribution is -2.59. The summed E-state index contributed by atoms with van der Waals surface area (Å²) in [7, 11) is -3.95. The minimum absolute atomic E-state index is 0.213. The lowest BCUT2D eigenvalue weighted by atomic mass is 9.63. The van der Waals surface area contributed by atoms with E-state index in [1.165, 1.54) is 5.56 Å². The van der Waals surface area contributed by atoms with Gasteiger partial charge in [0.25, 0.3) is 5.91 Å². The van der Waals surface area contributed by atoms with Gasteiger partial charge in [0.15, 0.2) is 0 Å². The SMILES string of the molecule is CCO[C@@]1(CN2CCN(C(C)C)CC2)/C=C/C[C@H](C)[C@@H](C)S(=O)(=O)NC(=O)c2ccc3c(c2)N(CCCCc2cc(Cl)ccc2CO3)C[C@@H]2CC[C@H]21. The zero-order chi connectivity index (χ0) is 37.0. The largest absolute Gasteiger partial charge is 0.487 e. The molecule has 52 heavy (non-hydrogen) atoms. The third-order valence-electron chi connectivity index (χ3n) is 12.2. The molecule has 4 aliphatic rings. The first-order valence-electron chi connectivity index (χ1n) is 19.5. The molecule has 1 saturated heterocycles. The summed E-state index contributed by atoms with van der Waals surface area (Å²) in [6, 6.07) is 11.8. The molecule has 1 aliphatic carbocycles. The van der Waals surface area contributed by atoms with Crippen LogP contribution >= 0.6 is 11.6 Å². The van der Waals surface area contributed by atoms with Gasteiger partial charge < -0.3 is 14.4 Å². The van der Waals surface area contributed by atoms with Gasteiger partial charge >= 0.3 is 0 Å². The van der Waals surface area contributed by atoms with Gasteiger partial charge in [-0.3, -0.25) is 14.6 Å². The minimum atomic E-state index is -3.95. The molecule has 1 saturated carbocycles. The number of hydrogen-bond acceptors (Lipinski definition) is 8. The van der Waals surface area contributed by atoms with Crippen LogP contribution in [0.2, 0.25) is 5.02 Å². The number of anilines is 1. The van der Waals surface area contributed by atoms with Crippen LogP contribution in [0, 0.1) is 17.8 Å². The Labute approximate surface area is 317 Å². The first kappa shape index (κ1) is 39.1. The number of fused-ring (bicyclic) bond motifs is 3. The number of halogens is 1. The lowest BCUT2D eigenvalue weighted by Gasteiger charge is -2.52. The van der Waals surface area contributed by atoms with Crippen molar-refractivity contribution in [1.82, 2.24) is 14.5 Å². The van der Waals surface area contributed by atoms with Crippen LogP contribution in [0.3, 0.4) is 0 Å². The molecular weight excluding hydrogens is 696 g/mol. The van der Waals surface area contributed by atoms with Crippen LogP contribution in [0.4, 0.5) is 5.69 Å². The van der Waals surface area contributed by atoms with Crippen molar-refractivity contribution in [3.8, 4) is 5.75 Å². The molecule has 2 fully saturated rings. The van der Waals surface area contributed by atoms with E-state index in [2.05, 4.69) is 52.3 Å². The molecule has 0 unspecified atom stereocenters. The number of sulfonamides is 1. The molecule has 3 heterocycles. The Hall–Kier alpha value is -2.63. The summed E-state index contributed by atoms with van der Waals surface area (Å²) in [5.74, 6) is 0.504. The molecule has 2 aromatic rings. The molecule has 6 rings (SSSR count). The Bertz CT molecular complexity index is 1690. The summed E-state index contributed by atoms with van der Waals surface area (Å²) in [5.41, 5.74) is 2.92. The fraction of sp³-hybridized carbons (Fsp3) is 0.634. The van der Waals surface area contributed by atoms with Crippen molar-refractivity contribution >= 4 is 33.2 Å². The normalized spacial score (nSPS) is 29.8. The third-order valence-corrected chi connectivity index (χ3v) is 14.3. The molecule has 0 radical (unpaired) electrons. The molecule has 3 aliphatic heterocycles. The summed E-state index contributed by atoms with van der Waals surface area (Å²) in [6.45, 7) is 17.7. The van der Waals surface area contributed by atoms with Crippen LogP contribution in [-0.2, 0) is 27.8 Å². The molecule has 1 N–H and O–H groups in total. The zero-order valence-electron chi connectivity index (χ0n) is 31.8. The van der Waals surface area contributed by atoms with E-state index in [9.17, 15) is 13.2 Å². The predicted molar refractivity (Wildman–Crippen MR) is 210 cm³/mol. The molecule has 5 atom stereocenters. The van der Waals surface area contributed by atoms with E-state index < -0.39 is 26.8 Å². The van der Waals surface area contributed by atoms with Crippen molar-refractivity contribution in [2.24, 2.45) is 17.8 Å². The number of hydrogen-bond donors (Lipinski definition) is 1. The number of ether oxygens (including phenoxy) is 2. The monoisotopic (exact) mass is 754 g/mol. The lowest BCUT2D eigenvalue weighted by molar-refractivity contribution is -0.113. The van der Waals surface area contributed by atoms with E-state index in [1.54, 1.807) is 13.0 Å². The van der Waals surface area contributed by atoms with Gasteiger partial charge in [0.05, 0.1) is 10.9 Å². The van der Waals surface area contributed by atoms with Gasteiger partial charge in [0, 0.05) is 69.0 Å². The van der Waals surface area contributed by atoms with E-state index in [4.69, 9.17) is 21.1 Å². The number of amides is 1. The number of nitrogens with zero attached hydrogens (tertiary/aromatic N) is 3. The molecule has 2 bridgehead atoms. The van der Waals surface area contributed by atoms with Crippen LogP contribution in [0.25, 0.3) is 0 Å². The summed E-state index contributed by atoms with van der Waals surface area (Å²) < 4.78 is 43.1. The van der Waals surface area contributed by atoms with E-state index in [-0.39, 0.29) is 11.8 Å². The molecular formula is C41H59ClN4O5S. The maximum absolute atomic E-state index is 13.6. The third kappa shape index (κ3) is 8.84. The number of aryl methyl sites for hydroxylation is 1. The van der Waals surface area contributed by atoms with Gasteiger partial charge in [0.1, 0.15) is 18.0 Å². The second-order valence-electron chi connectivity index (χ2n) is 15.8. The Balaban J connectivity index is 1.39. The molecule has 286 valence electrons. The minimum Gasteiger partial charge on any atom is -0.487 e. The number of rotatable bonds is 5. The van der Waals surface area contributed by atoms with Crippen LogP contribution in [0.15, 0.2) is 48.6 Å². The standard InChI is InChI=1S/C41H59ClN4O5S/c1-6-51-41(28-44-20-22-45(23-21-44)29(2)3)18-9-10-30(4)31(5)52(48,49)43-40(47)33-14-17-39-38(25-33)46(26-34-13-16-37(34)41)19-8-7-11-32-24-36(42)15-12-35(32)27-50-39/h9,12,14-15,17-18,24-25,29-31,34,37H,6-8,10-11,13,16,19-23,26-28H2,1-5H3,(H,43,47)/b18-9+/t30-,31+,34-,37+,41+/m0/s1. The number of carbonyl (C=O) groups excluding carboxylic acids is 1. The number of allylic oxidation sites excluding steroid dienone is 1. The number of piperazine rings is 1. The van der Waals surface area contributed by atoms with Crippen molar-refractivity contribution in [2.75, 3.05) is 57.3 Å². The van der Waals surface area contributed by atoms with Crippen LogP contribution < -0.4 is 14.4 Å². The fourth-order valence-electron chi connectivity index (χ4n) is 8.60. The van der Waals surface area contributed by atoms with Crippen molar-refractivity contribution in [2.45, 2.75) is 96.6 Å². The quantitative estimate of drug-likeness (QED) is 0.329. The maximum atomic E-state index is 13.6. The maximum Gasteiger partial charge on any atom is 0.264 e. The summed E-state index contributed by atoms with van der Waals surface area (Å²) >= 11 is 6.41. The Kier molecular flexibility index (Phi) is 12.6. The Morgan fingerprint density at radius 3 is 2.52 bits per heavy atom. The number of nitrogens with one attached hydrogen (secondary N) is 1. The van der Waals surface area contributed by atoms with Gasteiger partial charge in [-0.1, -0.05) is 36.7 Å². The average molecular weight is 755 g/mol. The summed E-state index contributed by atoms with van der Waals surface area (Å²) in [5, 5.41) is -0.0524. The summed E-state index contributed by atoms with van der Waals surface area (Å²) in [6.07, 6.45) is 10.0. The average Bonchev–Trinajstić information content (AvgIpc) is 3.12.